The first-order valence-corrected chi connectivity index (χ1v) is 6.48. The Morgan fingerprint density at radius 3 is 2.94 bits per heavy atom. The molecule has 0 amide bonds. The van der Waals surface area contributed by atoms with Gasteiger partial charge in [-0.3, -0.25) is 15.1 Å². The molecule has 6 heteroatoms. The van der Waals surface area contributed by atoms with Crippen LogP contribution in [0.1, 0.15) is 6.42 Å². The van der Waals surface area contributed by atoms with Crippen molar-refractivity contribution in [2.75, 3.05) is 12.4 Å². The molecule has 0 aliphatic heterocycles. The molecule has 5 nitrogen and oxygen atoms in total. The number of benzene rings is 1. The van der Waals surface area contributed by atoms with Gasteiger partial charge in [-0.25, -0.2) is 0 Å². The van der Waals surface area contributed by atoms with Crippen molar-refractivity contribution < 1.29 is 10.0 Å². The van der Waals surface area contributed by atoms with Gasteiger partial charge in [-0.2, -0.15) is 0 Å². The number of thioether (sulfide) groups is 1. The van der Waals surface area contributed by atoms with Crippen LogP contribution in [-0.4, -0.2) is 27.4 Å². The highest BCUT2D eigenvalue weighted by atomic mass is 32.2. The molecule has 0 atom stereocenters. The SMILES string of the molecule is O=[N+]([O-])c1ccc(SCCCO)c2ncccc12. The summed E-state index contributed by atoms with van der Waals surface area (Å²) in [5.74, 6) is 0.764. The molecule has 0 aliphatic rings. The number of aliphatic hydroxyl groups excluding tert-OH is 1. The first kappa shape index (κ1) is 12.8. The van der Waals surface area contributed by atoms with Gasteiger partial charge in [0, 0.05) is 29.5 Å². The fraction of sp³-hybridized carbons (Fsp3) is 0.250. The first-order valence-electron chi connectivity index (χ1n) is 5.50. The van der Waals surface area contributed by atoms with E-state index >= 15 is 0 Å². The zero-order chi connectivity index (χ0) is 13.0. The van der Waals surface area contributed by atoms with Crippen molar-refractivity contribution in [1.82, 2.24) is 4.98 Å². The third-order valence-corrected chi connectivity index (χ3v) is 3.60. The number of hydrogen-bond acceptors (Lipinski definition) is 5. The Bertz CT molecular complexity index is 574. The van der Waals surface area contributed by atoms with E-state index in [1.54, 1.807) is 36.2 Å². The van der Waals surface area contributed by atoms with Crippen LogP contribution in [0.25, 0.3) is 10.9 Å². The standard InChI is InChI=1S/C12H12N2O3S/c15-7-2-8-18-11-5-4-10(14(16)17)9-3-1-6-13-12(9)11/h1,3-6,15H,2,7-8H2. The van der Waals surface area contributed by atoms with Crippen molar-refractivity contribution in [3.63, 3.8) is 0 Å². The minimum absolute atomic E-state index is 0.0737. The molecule has 0 saturated carbocycles. The second-order valence-electron chi connectivity index (χ2n) is 3.67. The number of nitrogens with zero attached hydrogens (tertiary/aromatic N) is 2. The van der Waals surface area contributed by atoms with Crippen LogP contribution in [0.5, 0.6) is 0 Å². The predicted molar refractivity (Wildman–Crippen MR) is 70.8 cm³/mol. The fourth-order valence-electron chi connectivity index (χ4n) is 1.65. The number of nitro benzene ring substituents is 1. The molecule has 1 N–H and O–H groups in total. The maximum absolute atomic E-state index is 10.9. The topological polar surface area (TPSA) is 76.3 Å². The number of aliphatic hydroxyl groups is 1. The van der Waals surface area contributed by atoms with E-state index in [-0.39, 0.29) is 12.3 Å². The maximum Gasteiger partial charge on any atom is 0.278 e. The molecule has 2 aromatic rings. The number of pyridine rings is 1. The van der Waals surface area contributed by atoms with Crippen molar-refractivity contribution in [1.29, 1.82) is 0 Å². The predicted octanol–water partition coefficient (Wildman–Crippen LogP) is 2.62. The molecule has 18 heavy (non-hydrogen) atoms. The van der Waals surface area contributed by atoms with Crippen LogP contribution in [0.2, 0.25) is 0 Å². The third kappa shape index (κ3) is 2.60. The largest absolute Gasteiger partial charge is 0.396 e. The van der Waals surface area contributed by atoms with Gasteiger partial charge < -0.3 is 5.11 Å². The molecule has 1 heterocycles. The molecular formula is C12H12N2O3S. The lowest BCUT2D eigenvalue weighted by molar-refractivity contribution is -0.383. The Morgan fingerprint density at radius 2 is 2.22 bits per heavy atom. The molecular weight excluding hydrogens is 252 g/mol. The molecule has 2 rings (SSSR count). The first-order chi connectivity index (χ1) is 8.74. The summed E-state index contributed by atoms with van der Waals surface area (Å²) in [6.07, 6.45) is 2.32. The van der Waals surface area contributed by atoms with Gasteiger partial charge in [-0.1, -0.05) is 0 Å². The van der Waals surface area contributed by atoms with Crippen molar-refractivity contribution in [2.24, 2.45) is 0 Å². The van der Waals surface area contributed by atoms with Gasteiger partial charge >= 0.3 is 0 Å². The smallest absolute Gasteiger partial charge is 0.278 e. The number of rotatable bonds is 5. The Kier molecular flexibility index (Phi) is 4.11. The van der Waals surface area contributed by atoms with E-state index in [2.05, 4.69) is 4.98 Å². The van der Waals surface area contributed by atoms with E-state index in [1.165, 1.54) is 6.07 Å². The normalized spacial score (nSPS) is 10.7. The summed E-state index contributed by atoms with van der Waals surface area (Å²) in [4.78, 5) is 15.7. The second kappa shape index (κ2) is 5.79. The van der Waals surface area contributed by atoms with Crippen LogP contribution >= 0.6 is 11.8 Å². The van der Waals surface area contributed by atoms with Crippen LogP contribution in [0.3, 0.4) is 0 Å². The van der Waals surface area contributed by atoms with Gasteiger partial charge in [0.25, 0.3) is 5.69 Å². The number of aromatic nitrogens is 1. The highest BCUT2D eigenvalue weighted by Gasteiger charge is 2.14. The lowest BCUT2D eigenvalue weighted by Gasteiger charge is -2.05. The van der Waals surface area contributed by atoms with Gasteiger partial charge in [-0.05, 0) is 24.6 Å². The van der Waals surface area contributed by atoms with Crippen LogP contribution in [0, 0.1) is 10.1 Å². The Balaban J connectivity index is 2.44. The lowest BCUT2D eigenvalue weighted by atomic mass is 10.2. The zero-order valence-electron chi connectivity index (χ0n) is 9.57. The Hall–Kier alpha value is -1.66. The van der Waals surface area contributed by atoms with Crippen molar-refractivity contribution in [3.05, 3.63) is 40.6 Å². The van der Waals surface area contributed by atoms with Gasteiger partial charge in [-0.15, -0.1) is 11.8 Å². The number of nitro groups is 1. The van der Waals surface area contributed by atoms with Gasteiger partial charge in [0.2, 0.25) is 0 Å². The fourth-order valence-corrected chi connectivity index (χ4v) is 2.61. The average molecular weight is 264 g/mol. The molecule has 0 aliphatic carbocycles. The minimum atomic E-state index is -0.397. The monoisotopic (exact) mass is 264 g/mol. The minimum Gasteiger partial charge on any atom is -0.396 e. The van der Waals surface area contributed by atoms with E-state index < -0.39 is 4.92 Å². The van der Waals surface area contributed by atoms with Gasteiger partial charge in [0.1, 0.15) is 0 Å². The van der Waals surface area contributed by atoms with Crippen molar-refractivity contribution >= 4 is 28.4 Å². The van der Waals surface area contributed by atoms with Crippen molar-refractivity contribution in [2.45, 2.75) is 11.3 Å². The molecule has 0 unspecified atom stereocenters. The summed E-state index contributed by atoms with van der Waals surface area (Å²) in [7, 11) is 0. The summed E-state index contributed by atoms with van der Waals surface area (Å²) in [5, 5.41) is 20.2. The lowest BCUT2D eigenvalue weighted by Crippen LogP contribution is -1.93. The Morgan fingerprint density at radius 1 is 1.39 bits per heavy atom. The highest BCUT2D eigenvalue weighted by molar-refractivity contribution is 7.99. The Labute approximate surface area is 108 Å². The van der Waals surface area contributed by atoms with E-state index in [4.69, 9.17) is 5.11 Å². The second-order valence-corrected chi connectivity index (χ2v) is 4.80. The zero-order valence-corrected chi connectivity index (χ0v) is 10.4. The quantitative estimate of drug-likeness (QED) is 0.389. The van der Waals surface area contributed by atoms with E-state index in [1.807, 2.05) is 0 Å². The number of fused-ring (bicyclic) bond motifs is 1. The summed E-state index contributed by atoms with van der Waals surface area (Å²) in [6.45, 7) is 0.144. The summed E-state index contributed by atoms with van der Waals surface area (Å²) >= 11 is 1.55. The summed E-state index contributed by atoms with van der Waals surface area (Å²) < 4.78 is 0. The third-order valence-electron chi connectivity index (χ3n) is 2.47. The maximum atomic E-state index is 10.9. The summed E-state index contributed by atoms with van der Waals surface area (Å²) in [6, 6.07) is 6.62. The molecule has 0 radical (unpaired) electrons. The molecule has 1 aromatic heterocycles. The number of hydrogen-bond donors (Lipinski definition) is 1. The highest BCUT2D eigenvalue weighted by Crippen LogP contribution is 2.32. The van der Waals surface area contributed by atoms with Crippen LogP contribution in [0.4, 0.5) is 5.69 Å². The molecule has 0 spiro atoms. The summed E-state index contributed by atoms with van der Waals surface area (Å²) in [5.41, 5.74) is 0.722. The van der Waals surface area contributed by atoms with Gasteiger partial charge in [0.05, 0.1) is 15.8 Å². The molecule has 0 saturated heterocycles. The van der Waals surface area contributed by atoms with Crippen LogP contribution in [-0.2, 0) is 0 Å². The molecule has 1 aromatic carbocycles. The number of non-ortho nitro benzene ring substituents is 1. The van der Waals surface area contributed by atoms with Crippen LogP contribution in [0.15, 0.2) is 35.4 Å². The molecule has 94 valence electrons. The van der Waals surface area contributed by atoms with E-state index in [9.17, 15) is 10.1 Å². The average Bonchev–Trinajstić information content (AvgIpc) is 2.38. The molecule has 0 bridgehead atoms. The van der Waals surface area contributed by atoms with Crippen LogP contribution < -0.4 is 0 Å². The van der Waals surface area contributed by atoms with E-state index in [0.29, 0.717) is 17.3 Å². The van der Waals surface area contributed by atoms with E-state index in [0.717, 1.165) is 10.6 Å². The van der Waals surface area contributed by atoms with Gasteiger partial charge in [0.15, 0.2) is 0 Å². The van der Waals surface area contributed by atoms with Crippen molar-refractivity contribution in [3.8, 4) is 0 Å². The molecule has 0 fully saturated rings.